The fraction of sp³-hybridized carbons (Fsp3) is 0.267. The van der Waals surface area contributed by atoms with Crippen molar-refractivity contribution >= 4 is 5.97 Å². The summed E-state index contributed by atoms with van der Waals surface area (Å²) in [5.74, 6) is 1.12. The van der Waals surface area contributed by atoms with Gasteiger partial charge in [0.05, 0.1) is 12.7 Å². The van der Waals surface area contributed by atoms with Crippen LogP contribution in [-0.2, 0) is 17.7 Å². The summed E-state index contributed by atoms with van der Waals surface area (Å²) >= 11 is 0. The minimum atomic E-state index is -0.406. The van der Waals surface area contributed by atoms with E-state index in [1.807, 2.05) is 44.3 Å². The smallest absolute Gasteiger partial charge is 0.340 e. The summed E-state index contributed by atoms with van der Waals surface area (Å²) in [7, 11) is 1.39. The second-order valence-electron chi connectivity index (χ2n) is 9.55. The van der Waals surface area contributed by atoms with Crippen molar-refractivity contribution in [1.82, 2.24) is 35.2 Å². The Bertz CT molecular complexity index is 1590. The van der Waals surface area contributed by atoms with E-state index in [9.17, 15) is 4.79 Å². The van der Waals surface area contributed by atoms with Gasteiger partial charge in [-0.25, -0.2) is 9.78 Å². The highest BCUT2D eigenvalue weighted by Crippen LogP contribution is 2.30. The molecular formula is C30H31N7O2. The molecule has 0 aliphatic heterocycles. The van der Waals surface area contributed by atoms with Crippen LogP contribution < -0.4 is 0 Å². The molecule has 39 heavy (non-hydrogen) atoms. The number of carbonyl (C=O) groups is 1. The van der Waals surface area contributed by atoms with Crippen molar-refractivity contribution in [3.8, 4) is 33.9 Å². The first-order chi connectivity index (χ1) is 19.0. The highest BCUT2D eigenvalue weighted by atomic mass is 16.5. The summed E-state index contributed by atoms with van der Waals surface area (Å²) in [4.78, 5) is 22.3. The van der Waals surface area contributed by atoms with E-state index < -0.39 is 5.97 Å². The predicted octanol–water partition coefficient (Wildman–Crippen LogP) is 5.59. The Labute approximate surface area is 227 Å². The number of carbonyl (C=O) groups excluding carboxylic acids is 1. The summed E-state index contributed by atoms with van der Waals surface area (Å²) < 4.78 is 7.23. The van der Waals surface area contributed by atoms with Crippen LogP contribution in [0.25, 0.3) is 33.9 Å². The molecule has 198 valence electrons. The number of benzene rings is 2. The molecule has 5 rings (SSSR count). The van der Waals surface area contributed by atoms with Crippen molar-refractivity contribution in [3.05, 3.63) is 89.0 Å². The van der Waals surface area contributed by atoms with Crippen molar-refractivity contribution in [3.63, 3.8) is 0 Å². The average molecular weight is 522 g/mol. The molecule has 0 bridgehead atoms. The Morgan fingerprint density at radius 2 is 1.79 bits per heavy atom. The first kappa shape index (κ1) is 26.0. The van der Waals surface area contributed by atoms with Crippen LogP contribution in [0.1, 0.15) is 52.8 Å². The molecule has 0 atom stereocenters. The molecule has 2 aromatic carbocycles. The molecule has 0 aliphatic rings. The van der Waals surface area contributed by atoms with Crippen LogP contribution in [0.3, 0.4) is 0 Å². The lowest BCUT2D eigenvalue weighted by atomic mass is 9.98. The van der Waals surface area contributed by atoms with Crippen LogP contribution in [0.4, 0.5) is 0 Å². The van der Waals surface area contributed by atoms with E-state index in [1.54, 1.807) is 0 Å². The second-order valence-corrected chi connectivity index (χ2v) is 9.55. The third-order valence-corrected chi connectivity index (χ3v) is 6.72. The first-order valence-corrected chi connectivity index (χ1v) is 13.0. The number of pyridine rings is 1. The maximum Gasteiger partial charge on any atom is 0.340 e. The molecule has 0 fully saturated rings. The van der Waals surface area contributed by atoms with Gasteiger partial charge in [0.2, 0.25) is 5.82 Å². The third kappa shape index (κ3) is 5.47. The first-order valence-electron chi connectivity index (χ1n) is 13.0. The standard InChI is InChI=1S/C30H31N7O2/c1-5-6-11-26-32-25(28-27(30(38)39-4)19(2)16-20(3)31-28)18-37(26)17-21-12-14-22(15-13-21)23-9-7-8-10-24(23)29-33-35-36-34-29/h7-10,12-16,18H,5-6,11,17H2,1-4H3,(H,33,34,35,36). The van der Waals surface area contributed by atoms with Gasteiger partial charge in [0.25, 0.3) is 0 Å². The van der Waals surface area contributed by atoms with Gasteiger partial charge in [0.1, 0.15) is 17.2 Å². The Morgan fingerprint density at radius 1 is 1.03 bits per heavy atom. The highest BCUT2D eigenvalue weighted by Gasteiger charge is 2.22. The second kappa shape index (κ2) is 11.4. The van der Waals surface area contributed by atoms with Crippen LogP contribution in [0.5, 0.6) is 0 Å². The molecule has 0 saturated heterocycles. The SMILES string of the molecule is CCCCc1nc(-c2nc(C)cc(C)c2C(=O)OC)cn1Cc1ccc(-c2ccccc2-c2nn[nH]n2)cc1. The van der Waals surface area contributed by atoms with Crippen molar-refractivity contribution < 1.29 is 9.53 Å². The van der Waals surface area contributed by atoms with E-state index in [-0.39, 0.29) is 0 Å². The molecule has 3 heterocycles. The highest BCUT2D eigenvalue weighted by molar-refractivity contribution is 5.97. The zero-order valence-corrected chi connectivity index (χ0v) is 22.6. The summed E-state index contributed by atoms with van der Waals surface area (Å²) in [5.41, 5.74) is 7.51. The molecule has 9 nitrogen and oxygen atoms in total. The number of aryl methyl sites for hydroxylation is 3. The van der Waals surface area contributed by atoms with Crippen molar-refractivity contribution in [2.24, 2.45) is 0 Å². The number of imidazole rings is 1. The van der Waals surface area contributed by atoms with E-state index in [2.05, 4.69) is 62.4 Å². The van der Waals surface area contributed by atoms with E-state index >= 15 is 0 Å². The zero-order chi connectivity index (χ0) is 27.4. The average Bonchev–Trinajstić information content (AvgIpc) is 3.62. The molecule has 0 amide bonds. The number of methoxy groups -OCH3 is 1. The summed E-state index contributed by atoms with van der Waals surface area (Å²) in [6.45, 7) is 6.64. The number of aromatic amines is 1. The maximum atomic E-state index is 12.6. The van der Waals surface area contributed by atoms with Crippen LogP contribution in [0.15, 0.2) is 60.8 Å². The molecule has 3 aromatic heterocycles. The van der Waals surface area contributed by atoms with E-state index in [1.165, 1.54) is 7.11 Å². The lowest BCUT2D eigenvalue weighted by Crippen LogP contribution is -2.09. The van der Waals surface area contributed by atoms with Crippen molar-refractivity contribution in [2.45, 2.75) is 46.6 Å². The molecule has 0 radical (unpaired) electrons. The number of hydrogen-bond acceptors (Lipinski definition) is 7. The Morgan fingerprint density at radius 3 is 2.49 bits per heavy atom. The molecule has 1 N–H and O–H groups in total. The molecular weight excluding hydrogens is 490 g/mol. The number of unbranched alkanes of at least 4 members (excludes halogenated alkanes) is 1. The lowest BCUT2D eigenvalue weighted by Gasteiger charge is -2.10. The van der Waals surface area contributed by atoms with Gasteiger partial charge in [0, 0.05) is 30.4 Å². The van der Waals surface area contributed by atoms with E-state index in [0.29, 0.717) is 29.3 Å². The summed E-state index contributed by atoms with van der Waals surface area (Å²) in [6.07, 6.45) is 4.92. The summed E-state index contributed by atoms with van der Waals surface area (Å²) in [5, 5.41) is 14.5. The maximum absolute atomic E-state index is 12.6. The van der Waals surface area contributed by atoms with Crippen molar-refractivity contribution in [1.29, 1.82) is 0 Å². The number of esters is 1. The topological polar surface area (TPSA) is 111 Å². The normalized spacial score (nSPS) is 11.1. The van der Waals surface area contributed by atoms with Gasteiger partial charge < -0.3 is 9.30 Å². The number of nitrogens with zero attached hydrogens (tertiary/aromatic N) is 6. The molecule has 0 aliphatic carbocycles. The van der Waals surface area contributed by atoms with Crippen LogP contribution in [0, 0.1) is 13.8 Å². The van der Waals surface area contributed by atoms with Crippen LogP contribution in [-0.4, -0.2) is 48.2 Å². The van der Waals surface area contributed by atoms with Gasteiger partial charge in [-0.1, -0.05) is 61.9 Å². The van der Waals surface area contributed by atoms with Crippen LogP contribution >= 0.6 is 0 Å². The fourth-order valence-corrected chi connectivity index (χ4v) is 4.81. The van der Waals surface area contributed by atoms with Crippen molar-refractivity contribution in [2.75, 3.05) is 7.11 Å². The van der Waals surface area contributed by atoms with E-state index in [4.69, 9.17) is 14.7 Å². The Hall–Kier alpha value is -4.66. The largest absolute Gasteiger partial charge is 0.465 e. The monoisotopic (exact) mass is 521 g/mol. The lowest BCUT2D eigenvalue weighted by molar-refractivity contribution is 0.0600. The number of hydrogen-bond donors (Lipinski definition) is 1. The number of aromatic nitrogens is 7. The van der Waals surface area contributed by atoms with E-state index in [0.717, 1.165) is 58.6 Å². The number of ether oxygens (including phenoxy) is 1. The van der Waals surface area contributed by atoms with Gasteiger partial charge in [-0.3, -0.25) is 4.98 Å². The molecule has 9 heteroatoms. The third-order valence-electron chi connectivity index (χ3n) is 6.72. The summed E-state index contributed by atoms with van der Waals surface area (Å²) in [6, 6.07) is 18.4. The molecule has 0 saturated carbocycles. The van der Waals surface area contributed by atoms with Gasteiger partial charge in [-0.2, -0.15) is 5.21 Å². The molecule has 5 aromatic rings. The quantitative estimate of drug-likeness (QED) is 0.252. The number of H-pyrrole nitrogens is 1. The minimum Gasteiger partial charge on any atom is -0.465 e. The van der Waals surface area contributed by atoms with Gasteiger partial charge in [-0.15, -0.1) is 10.2 Å². The van der Waals surface area contributed by atoms with Gasteiger partial charge in [-0.05, 0) is 53.8 Å². The number of rotatable bonds is 9. The van der Waals surface area contributed by atoms with Gasteiger partial charge >= 0.3 is 5.97 Å². The fourth-order valence-electron chi connectivity index (χ4n) is 4.81. The van der Waals surface area contributed by atoms with Gasteiger partial charge in [0.15, 0.2) is 0 Å². The van der Waals surface area contributed by atoms with Crippen LogP contribution in [0.2, 0.25) is 0 Å². The Kier molecular flexibility index (Phi) is 7.58. The molecule has 0 unspecified atom stereocenters. The molecule has 0 spiro atoms. The Balaban J connectivity index is 1.48. The predicted molar refractivity (Wildman–Crippen MR) is 149 cm³/mol. The zero-order valence-electron chi connectivity index (χ0n) is 22.6. The number of tetrazole rings is 1. The number of nitrogens with one attached hydrogen (secondary N) is 1. The minimum absolute atomic E-state index is 0.406.